The minimum atomic E-state index is -3.43. The molecule has 0 amide bonds. The van der Waals surface area contributed by atoms with Crippen LogP contribution in [0.25, 0.3) is 11.1 Å². The highest BCUT2D eigenvalue weighted by molar-refractivity contribution is 7.90. The van der Waals surface area contributed by atoms with Gasteiger partial charge in [-0.05, 0) is 12.0 Å². The molecule has 2 aromatic rings. The molecule has 28 heavy (non-hydrogen) atoms. The first-order valence-corrected chi connectivity index (χ1v) is 12.3. The molecule has 1 heterocycles. The second-order valence-corrected chi connectivity index (χ2v) is 9.53. The molecule has 0 saturated carbocycles. The van der Waals surface area contributed by atoms with Gasteiger partial charge in [-0.1, -0.05) is 88.6 Å². The van der Waals surface area contributed by atoms with Crippen molar-refractivity contribution >= 4 is 9.84 Å². The lowest BCUT2D eigenvalue weighted by molar-refractivity contribution is 0.531. The molecule has 0 aliphatic rings. The van der Waals surface area contributed by atoms with Crippen LogP contribution in [0.15, 0.2) is 52.3 Å². The second-order valence-electron chi connectivity index (χ2n) is 7.55. The van der Waals surface area contributed by atoms with Crippen LogP contribution in [-0.4, -0.2) is 19.2 Å². The zero-order chi connectivity index (χ0) is 20.4. The Hall–Kier alpha value is -1.88. The molecule has 0 atom stereocenters. The molecule has 1 aromatic heterocycles. The van der Waals surface area contributed by atoms with Crippen LogP contribution >= 0.6 is 0 Å². The van der Waals surface area contributed by atoms with Gasteiger partial charge in [0, 0.05) is 30.6 Å². The number of pyridine rings is 1. The van der Waals surface area contributed by atoms with Crippen LogP contribution in [0.3, 0.4) is 0 Å². The molecule has 4 nitrogen and oxygen atoms in total. The molecular weight excluding hydrogens is 370 g/mol. The smallest absolute Gasteiger partial charge is 0.251 e. The number of aryl methyl sites for hydroxylation is 1. The number of aromatic nitrogens is 1. The van der Waals surface area contributed by atoms with Crippen molar-refractivity contribution in [2.75, 3.05) is 6.26 Å². The Bertz CT molecular complexity index is 886. The normalized spacial score (nSPS) is 11.6. The number of benzene rings is 1. The predicted octanol–water partition coefficient (Wildman–Crippen LogP) is 5.45. The molecule has 2 rings (SSSR count). The number of unbranched alkanes of at least 4 members (excludes halogenated alkanes) is 8. The number of rotatable bonds is 12. The van der Waals surface area contributed by atoms with Gasteiger partial charge in [0.25, 0.3) is 5.56 Å². The summed E-state index contributed by atoms with van der Waals surface area (Å²) in [4.78, 5) is 12.7. The van der Waals surface area contributed by atoms with E-state index in [4.69, 9.17) is 0 Å². The Morgan fingerprint density at radius 1 is 0.857 bits per heavy atom. The molecule has 0 radical (unpaired) electrons. The highest BCUT2D eigenvalue weighted by atomic mass is 32.2. The van der Waals surface area contributed by atoms with Gasteiger partial charge in [-0.25, -0.2) is 8.42 Å². The average Bonchev–Trinajstić information content (AvgIpc) is 2.67. The highest BCUT2D eigenvalue weighted by Crippen LogP contribution is 2.25. The first kappa shape index (κ1) is 22.4. The van der Waals surface area contributed by atoms with E-state index in [0.29, 0.717) is 12.1 Å². The summed E-state index contributed by atoms with van der Waals surface area (Å²) in [6.07, 6.45) is 13.6. The molecule has 0 bridgehead atoms. The summed E-state index contributed by atoms with van der Waals surface area (Å²) in [7, 11) is -3.43. The fourth-order valence-corrected chi connectivity index (χ4v) is 4.35. The topological polar surface area (TPSA) is 56.1 Å². The van der Waals surface area contributed by atoms with Gasteiger partial charge >= 0.3 is 0 Å². The van der Waals surface area contributed by atoms with E-state index >= 15 is 0 Å². The third kappa shape index (κ3) is 6.93. The minimum Gasteiger partial charge on any atom is -0.314 e. The van der Waals surface area contributed by atoms with Gasteiger partial charge in [0.05, 0.1) is 4.90 Å². The summed E-state index contributed by atoms with van der Waals surface area (Å²) in [5, 5.41) is 0. The van der Waals surface area contributed by atoms with E-state index < -0.39 is 9.84 Å². The highest BCUT2D eigenvalue weighted by Gasteiger charge is 2.17. The lowest BCUT2D eigenvalue weighted by Gasteiger charge is -2.12. The van der Waals surface area contributed by atoms with E-state index in [9.17, 15) is 13.2 Å². The quantitative estimate of drug-likeness (QED) is 0.443. The summed E-state index contributed by atoms with van der Waals surface area (Å²) >= 11 is 0. The van der Waals surface area contributed by atoms with Crippen molar-refractivity contribution < 1.29 is 8.42 Å². The van der Waals surface area contributed by atoms with Crippen molar-refractivity contribution in [1.82, 2.24) is 4.57 Å². The van der Waals surface area contributed by atoms with Crippen molar-refractivity contribution in [1.29, 1.82) is 0 Å². The van der Waals surface area contributed by atoms with Crippen LogP contribution in [0.5, 0.6) is 0 Å². The maximum atomic E-state index is 12.5. The Balaban J connectivity index is 2.00. The lowest BCUT2D eigenvalue weighted by atomic mass is 10.1. The fraction of sp³-hybridized carbons (Fsp3) is 0.522. The van der Waals surface area contributed by atoms with Crippen LogP contribution in [0.2, 0.25) is 0 Å². The van der Waals surface area contributed by atoms with Crippen molar-refractivity contribution in [3.63, 3.8) is 0 Å². The van der Waals surface area contributed by atoms with Crippen LogP contribution in [-0.2, 0) is 16.4 Å². The summed E-state index contributed by atoms with van der Waals surface area (Å²) in [6.45, 7) is 2.79. The third-order valence-corrected chi connectivity index (χ3v) is 6.20. The molecule has 0 aliphatic carbocycles. The molecule has 5 heteroatoms. The number of hydrogen-bond acceptors (Lipinski definition) is 3. The molecule has 0 fully saturated rings. The molecule has 1 aromatic carbocycles. The molecule has 0 N–H and O–H groups in total. The third-order valence-electron chi connectivity index (χ3n) is 5.08. The zero-order valence-corrected chi connectivity index (χ0v) is 18.0. The van der Waals surface area contributed by atoms with Gasteiger partial charge in [0.1, 0.15) is 0 Å². The summed E-state index contributed by atoms with van der Waals surface area (Å²) in [5.41, 5.74) is 1.08. The zero-order valence-electron chi connectivity index (χ0n) is 17.2. The monoisotopic (exact) mass is 403 g/mol. The largest absolute Gasteiger partial charge is 0.314 e. The summed E-state index contributed by atoms with van der Waals surface area (Å²) < 4.78 is 26.1. The Labute approximate surface area is 169 Å². The van der Waals surface area contributed by atoms with E-state index in [1.807, 2.05) is 30.3 Å². The minimum absolute atomic E-state index is 0.147. The van der Waals surface area contributed by atoms with E-state index in [1.165, 1.54) is 63.5 Å². The SMILES string of the molecule is CCCCCCCCCCCn1cc(S(C)(=O)=O)c(-c2ccccc2)cc1=O. The maximum Gasteiger partial charge on any atom is 0.251 e. The second kappa shape index (κ2) is 11.2. The first-order chi connectivity index (χ1) is 13.4. The number of sulfone groups is 1. The molecule has 0 unspecified atom stereocenters. The molecule has 154 valence electrons. The Morgan fingerprint density at radius 2 is 1.43 bits per heavy atom. The summed E-state index contributed by atoms with van der Waals surface area (Å²) in [5.74, 6) is 0. The van der Waals surface area contributed by atoms with Crippen molar-refractivity contribution in [3.8, 4) is 11.1 Å². The molecule has 0 saturated heterocycles. The van der Waals surface area contributed by atoms with Crippen molar-refractivity contribution in [3.05, 3.63) is 52.9 Å². The van der Waals surface area contributed by atoms with Crippen molar-refractivity contribution in [2.24, 2.45) is 0 Å². The standard InChI is InChI=1S/C23H33NO3S/c1-3-4-5-6-7-8-9-10-14-17-24-19-22(28(2,26)27)21(18-23(24)25)20-15-12-11-13-16-20/h11-13,15-16,18-19H,3-10,14,17H2,1-2H3. The van der Waals surface area contributed by atoms with Crippen LogP contribution in [0.4, 0.5) is 0 Å². The van der Waals surface area contributed by atoms with Crippen LogP contribution in [0.1, 0.15) is 64.7 Å². The maximum absolute atomic E-state index is 12.5. The van der Waals surface area contributed by atoms with E-state index in [-0.39, 0.29) is 10.5 Å². The van der Waals surface area contributed by atoms with Gasteiger partial charge in [0.2, 0.25) is 0 Å². The lowest BCUT2D eigenvalue weighted by Crippen LogP contribution is -2.21. The first-order valence-electron chi connectivity index (χ1n) is 10.4. The van der Waals surface area contributed by atoms with E-state index in [0.717, 1.165) is 18.4 Å². The van der Waals surface area contributed by atoms with Gasteiger partial charge in [0.15, 0.2) is 9.84 Å². The van der Waals surface area contributed by atoms with Crippen LogP contribution < -0.4 is 5.56 Å². The number of hydrogen-bond donors (Lipinski definition) is 0. The van der Waals surface area contributed by atoms with Crippen LogP contribution in [0, 0.1) is 0 Å². The Kier molecular flexibility index (Phi) is 8.97. The van der Waals surface area contributed by atoms with Gasteiger partial charge in [-0.3, -0.25) is 4.79 Å². The molecular formula is C23H33NO3S. The number of nitrogens with zero attached hydrogens (tertiary/aromatic N) is 1. The van der Waals surface area contributed by atoms with Gasteiger partial charge in [-0.15, -0.1) is 0 Å². The van der Waals surface area contributed by atoms with E-state index in [1.54, 1.807) is 4.57 Å². The molecule has 0 aliphatic heterocycles. The molecule has 0 spiro atoms. The Morgan fingerprint density at radius 3 is 2.00 bits per heavy atom. The van der Waals surface area contributed by atoms with Crippen molar-refractivity contribution in [2.45, 2.75) is 76.2 Å². The predicted molar refractivity (Wildman–Crippen MR) is 116 cm³/mol. The van der Waals surface area contributed by atoms with E-state index in [2.05, 4.69) is 6.92 Å². The van der Waals surface area contributed by atoms with Gasteiger partial charge in [-0.2, -0.15) is 0 Å². The fourth-order valence-electron chi connectivity index (χ4n) is 3.46. The average molecular weight is 404 g/mol. The summed E-state index contributed by atoms with van der Waals surface area (Å²) in [6, 6.07) is 10.7. The van der Waals surface area contributed by atoms with Gasteiger partial charge < -0.3 is 4.57 Å².